The summed E-state index contributed by atoms with van der Waals surface area (Å²) in [5, 5.41) is 11.5. The van der Waals surface area contributed by atoms with Crippen LogP contribution in [0.3, 0.4) is 0 Å². The highest BCUT2D eigenvalue weighted by Crippen LogP contribution is 2.21. The van der Waals surface area contributed by atoms with Gasteiger partial charge in [-0.05, 0) is 38.8 Å². The molecule has 7 heteroatoms. The summed E-state index contributed by atoms with van der Waals surface area (Å²) in [5.41, 5.74) is 0. The van der Waals surface area contributed by atoms with Gasteiger partial charge >= 0.3 is 5.97 Å². The van der Waals surface area contributed by atoms with E-state index in [-0.39, 0.29) is 18.5 Å². The first-order valence-electron chi connectivity index (χ1n) is 7.88. The quantitative estimate of drug-likeness (QED) is 0.849. The Labute approximate surface area is 145 Å². The summed E-state index contributed by atoms with van der Waals surface area (Å²) in [6.07, 6.45) is 3.93. The zero-order valence-corrected chi connectivity index (χ0v) is 14.9. The van der Waals surface area contributed by atoms with Crippen LogP contribution in [0.4, 0.5) is 0 Å². The van der Waals surface area contributed by atoms with E-state index in [0.717, 1.165) is 42.1 Å². The molecule has 1 aliphatic heterocycles. The number of rotatable bonds is 6. The van der Waals surface area contributed by atoms with Crippen LogP contribution in [0.25, 0.3) is 0 Å². The fourth-order valence-electron chi connectivity index (χ4n) is 2.98. The van der Waals surface area contributed by atoms with Crippen LogP contribution in [0.15, 0.2) is 11.4 Å². The predicted molar refractivity (Wildman–Crippen MR) is 92.1 cm³/mol. The van der Waals surface area contributed by atoms with Crippen molar-refractivity contribution in [3.63, 3.8) is 0 Å². The number of hydrogen-bond acceptors (Lipinski definition) is 4. The number of aliphatic carboxylic acids is 1. The maximum Gasteiger partial charge on any atom is 0.317 e. The second kappa shape index (κ2) is 8.66. The number of amides is 1. The van der Waals surface area contributed by atoms with Crippen LogP contribution in [-0.2, 0) is 16.0 Å². The van der Waals surface area contributed by atoms with E-state index in [1.807, 2.05) is 28.3 Å². The number of nitrogens with zero attached hydrogens (tertiary/aromatic N) is 2. The van der Waals surface area contributed by atoms with E-state index in [9.17, 15) is 9.59 Å². The van der Waals surface area contributed by atoms with Crippen LogP contribution in [0.1, 0.15) is 30.6 Å². The van der Waals surface area contributed by atoms with E-state index >= 15 is 0 Å². The van der Waals surface area contributed by atoms with Crippen molar-refractivity contribution in [3.05, 3.63) is 21.3 Å². The Morgan fingerprint density at radius 1 is 1.43 bits per heavy atom. The maximum atomic E-state index is 12.4. The van der Waals surface area contributed by atoms with Gasteiger partial charge in [-0.25, -0.2) is 0 Å². The van der Waals surface area contributed by atoms with Crippen LogP contribution in [0, 0.1) is 0 Å². The second-order valence-corrected chi connectivity index (χ2v) is 7.44. The molecule has 1 amide bonds. The number of thiophene rings is 1. The molecule has 1 atom stereocenters. The lowest BCUT2D eigenvalue weighted by molar-refractivity contribution is -0.138. The van der Waals surface area contributed by atoms with Crippen molar-refractivity contribution >= 4 is 34.8 Å². The Bertz CT molecular complexity index is 549. The van der Waals surface area contributed by atoms with Gasteiger partial charge in [-0.1, -0.05) is 11.6 Å². The SMILES string of the molecule is CN(CC(=O)O)C1CCCN(C(=O)CCc2cc(Cl)cs2)CC1. The highest BCUT2D eigenvalue weighted by Gasteiger charge is 2.23. The summed E-state index contributed by atoms with van der Waals surface area (Å²) in [6, 6.07) is 2.15. The molecule has 0 bridgehead atoms. The third-order valence-corrected chi connectivity index (χ3v) is 5.61. The molecule has 0 spiro atoms. The second-order valence-electron chi connectivity index (χ2n) is 6.01. The van der Waals surface area contributed by atoms with Gasteiger partial charge in [0.15, 0.2) is 0 Å². The topological polar surface area (TPSA) is 60.9 Å². The van der Waals surface area contributed by atoms with Gasteiger partial charge in [0, 0.05) is 35.8 Å². The van der Waals surface area contributed by atoms with Gasteiger partial charge in [-0.2, -0.15) is 0 Å². The van der Waals surface area contributed by atoms with Crippen LogP contribution in [0.2, 0.25) is 5.02 Å². The smallest absolute Gasteiger partial charge is 0.317 e. The minimum atomic E-state index is -0.806. The van der Waals surface area contributed by atoms with Crippen molar-refractivity contribution in [2.45, 2.75) is 38.1 Å². The summed E-state index contributed by atoms with van der Waals surface area (Å²) in [4.78, 5) is 28.1. The zero-order chi connectivity index (χ0) is 16.8. The Morgan fingerprint density at radius 3 is 2.87 bits per heavy atom. The molecule has 2 heterocycles. The lowest BCUT2D eigenvalue weighted by Gasteiger charge is -2.25. The molecule has 1 aromatic rings. The van der Waals surface area contributed by atoms with E-state index in [1.165, 1.54) is 0 Å². The highest BCUT2D eigenvalue weighted by molar-refractivity contribution is 7.10. The van der Waals surface area contributed by atoms with Crippen molar-refractivity contribution in [3.8, 4) is 0 Å². The van der Waals surface area contributed by atoms with Gasteiger partial charge in [0.25, 0.3) is 0 Å². The minimum absolute atomic E-state index is 0.0533. The summed E-state index contributed by atoms with van der Waals surface area (Å²) >= 11 is 7.48. The molecule has 0 aliphatic carbocycles. The van der Waals surface area contributed by atoms with Gasteiger partial charge in [-0.15, -0.1) is 11.3 Å². The third-order valence-electron chi connectivity index (χ3n) is 4.27. The summed E-state index contributed by atoms with van der Waals surface area (Å²) < 4.78 is 0. The largest absolute Gasteiger partial charge is 0.480 e. The lowest BCUT2D eigenvalue weighted by Crippen LogP contribution is -2.37. The average Bonchev–Trinajstić information content (AvgIpc) is 2.75. The molecule has 5 nitrogen and oxygen atoms in total. The monoisotopic (exact) mass is 358 g/mol. The van der Waals surface area contributed by atoms with E-state index in [0.29, 0.717) is 13.0 Å². The number of hydrogen-bond donors (Lipinski definition) is 1. The van der Waals surface area contributed by atoms with Gasteiger partial charge in [-0.3, -0.25) is 14.5 Å². The van der Waals surface area contributed by atoms with Crippen molar-refractivity contribution in [1.29, 1.82) is 0 Å². The molecule has 1 saturated heterocycles. The molecule has 0 saturated carbocycles. The molecule has 1 unspecified atom stereocenters. The number of likely N-dealkylation sites (tertiary alicyclic amines) is 1. The summed E-state index contributed by atoms with van der Waals surface area (Å²) in [7, 11) is 1.84. The van der Waals surface area contributed by atoms with Crippen molar-refractivity contribution in [1.82, 2.24) is 9.80 Å². The van der Waals surface area contributed by atoms with Gasteiger partial charge in [0.1, 0.15) is 0 Å². The van der Waals surface area contributed by atoms with E-state index < -0.39 is 5.97 Å². The zero-order valence-electron chi connectivity index (χ0n) is 13.3. The molecule has 1 N–H and O–H groups in total. The standard InChI is InChI=1S/C16H23ClN2O3S/c1-18(10-16(21)22)13-3-2-7-19(8-6-13)15(20)5-4-14-9-12(17)11-23-14/h9,11,13H,2-8,10H2,1H3,(H,21,22). The van der Waals surface area contributed by atoms with Gasteiger partial charge < -0.3 is 10.0 Å². The number of carbonyl (C=O) groups is 2. The Kier molecular flexibility index (Phi) is 6.87. The molecule has 2 rings (SSSR count). The summed E-state index contributed by atoms with van der Waals surface area (Å²) in [5.74, 6) is -0.629. The van der Waals surface area contributed by atoms with Crippen LogP contribution in [0.5, 0.6) is 0 Å². The Hall–Kier alpha value is -1.11. The first-order valence-corrected chi connectivity index (χ1v) is 9.14. The molecule has 128 valence electrons. The van der Waals surface area contributed by atoms with Crippen molar-refractivity contribution in [2.24, 2.45) is 0 Å². The number of halogens is 1. The van der Waals surface area contributed by atoms with Crippen LogP contribution < -0.4 is 0 Å². The predicted octanol–water partition coefficient (Wildman–Crippen LogP) is 2.73. The normalized spacial score (nSPS) is 18.9. The number of carboxylic acids is 1. The van der Waals surface area contributed by atoms with E-state index in [2.05, 4.69) is 0 Å². The molecule has 0 aromatic carbocycles. The number of carboxylic acid groups (broad SMARTS) is 1. The van der Waals surface area contributed by atoms with E-state index in [1.54, 1.807) is 11.3 Å². The molecule has 0 radical (unpaired) electrons. The maximum absolute atomic E-state index is 12.4. The molecule has 1 aromatic heterocycles. The molecular weight excluding hydrogens is 336 g/mol. The molecule has 23 heavy (non-hydrogen) atoms. The average molecular weight is 359 g/mol. The highest BCUT2D eigenvalue weighted by atomic mass is 35.5. The number of likely N-dealkylation sites (N-methyl/N-ethyl adjacent to an activating group) is 1. The fourth-order valence-corrected chi connectivity index (χ4v) is 4.06. The van der Waals surface area contributed by atoms with Gasteiger partial charge in [0.05, 0.1) is 11.6 Å². The van der Waals surface area contributed by atoms with Crippen molar-refractivity contribution in [2.75, 3.05) is 26.7 Å². The van der Waals surface area contributed by atoms with Crippen LogP contribution in [-0.4, -0.2) is 59.5 Å². The van der Waals surface area contributed by atoms with E-state index in [4.69, 9.17) is 16.7 Å². The number of carbonyl (C=O) groups excluding carboxylic acids is 1. The number of aryl methyl sites for hydroxylation is 1. The molecule has 1 aliphatic rings. The Balaban J connectivity index is 1.80. The van der Waals surface area contributed by atoms with Crippen LogP contribution >= 0.6 is 22.9 Å². The lowest BCUT2D eigenvalue weighted by atomic mass is 10.1. The molecule has 1 fully saturated rings. The summed E-state index contributed by atoms with van der Waals surface area (Å²) in [6.45, 7) is 1.53. The fraction of sp³-hybridized carbons (Fsp3) is 0.625. The van der Waals surface area contributed by atoms with Gasteiger partial charge in [0.2, 0.25) is 5.91 Å². The van der Waals surface area contributed by atoms with Crippen molar-refractivity contribution < 1.29 is 14.7 Å². The molecular formula is C16H23ClN2O3S. The third kappa shape index (κ3) is 5.79. The minimum Gasteiger partial charge on any atom is -0.480 e. The Morgan fingerprint density at radius 2 is 2.22 bits per heavy atom. The first kappa shape index (κ1) is 18.2. The first-order chi connectivity index (χ1) is 11.0.